The van der Waals surface area contributed by atoms with Crippen LogP contribution in [0, 0.1) is 5.92 Å². The summed E-state index contributed by atoms with van der Waals surface area (Å²) in [7, 11) is 0. The highest BCUT2D eigenvalue weighted by molar-refractivity contribution is 5.94. The van der Waals surface area contributed by atoms with Gasteiger partial charge in [0.05, 0.1) is 5.56 Å². The summed E-state index contributed by atoms with van der Waals surface area (Å²) in [6, 6.07) is 8.47. The minimum atomic E-state index is -4.51. The lowest BCUT2D eigenvalue weighted by Crippen LogP contribution is -2.57. The van der Waals surface area contributed by atoms with Crippen molar-refractivity contribution in [1.29, 1.82) is 0 Å². The van der Waals surface area contributed by atoms with Crippen LogP contribution < -0.4 is 15.5 Å². The van der Waals surface area contributed by atoms with Crippen molar-refractivity contribution in [3.63, 3.8) is 0 Å². The molecule has 1 aliphatic heterocycles. The molecule has 0 bridgehead atoms. The molecule has 1 aliphatic rings. The molecule has 10 heteroatoms. The molecule has 184 valence electrons. The maximum atomic E-state index is 13.3. The number of hydrogen-bond acceptors (Lipinski definition) is 4. The first kappa shape index (κ1) is 25.3. The summed E-state index contributed by atoms with van der Waals surface area (Å²) in [5.41, 5.74) is 0.975. The Hall–Kier alpha value is -3.30. The van der Waals surface area contributed by atoms with Crippen LogP contribution in [0.25, 0.3) is 0 Å². The van der Waals surface area contributed by atoms with Gasteiger partial charge < -0.3 is 20.4 Å². The largest absolute Gasteiger partial charge is 0.419 e. The van der Waals surface area contributed by atoms with Crippen molar-refractivity contribution >= 4 is 23.4 Å². The number of amides is 3. The van der Waals surface area contributed by atoms with Gasteiger partial charge in [-0.2, -0.15) is 13.2 Å². The number of rotatable bonds is 6. The van der Waals surface area contributed by atoms with Crippen molar-refractivity contribution in [3.8, 4) is 0 Å². The van der Waals surface area contributed by atoms with E-state index in [4.69, 9.17) is 0 Å². The first-order valence-corrected chi connectivity index (χ1v) is 11.3. The molecular formula is C24H30F3N5O2. The monoisotopic (exact) mass is 477 g/mol. The fourth-order valence-corrected chi connectivity index (χ4v) is 3.85. The predicted octanol–water partition coefficient (Wildman–Crippen LogP) is 4.16. The maximum absolute atomic E-state index is 13.3. The summed E-state index contributed by atoms with van der Waals surface area (Å²) < 4.78 is 40.0. The second kappa shape index (κ2) is 10.8. The zero-order valence-corrected chi connectivity index (χ0v) is 19.5. The molecule has 1 aromatic carbocycles. The van der Waals surface area contributed by atoms with E-state index in [1.807, 2.05) is 32.9 Å². The fourth-order valence-electron chi connectivity index (χ4n) is 3.85. The lowest BCUT2D eigenvalue weighted by molar-refractivity contribution is -0.138. The molecule has 0 aliphatic carbocycles. The Bertz CT molecular complexity index is 987. The van der Waals surface area contributed by atoms with Gasteiger partial charge in [0.2, 0.25) is 5.91 Å². The molecule has 0 spiro atoms. The number of hydrogen-bond donors (Lipinski definition) is 2. The van der Waals surface area contributed by atoms with Crippen LogP contribution in [0.2, 0.25) is 0 Å². The number of benzene rings is 1. The molecule has 2 N–H and O–H groups in total. The molecule has 7 nitrogen and oxygen atoms in total. The number of nitrogens with one attached hydrogen (secondary N) is 2. The number of aromatic nitrogens is 1. The van der Waals surface area contributed by atoms with Gasteiger partial charge >= 0.3 is 12.2 Å². The summed E-state index contributed by atoms with van der Waals surface area (Å²) in [4.78, 5) is 32.7. The van der Waals surface area contributed by atoms with E-state index < -0.39 is 23.8 Å². The summed E-state index contributed by atoms with van der Waals surface area (Å²) in [5.74, 6) is -0.566. The zero-order valence-electron chi connectivity index (χ0n) is 19.5. The van der Waals surface area contributed by atoms with Crippen LogP contribution in [-0.2, 0) is 17.4 Å². The zero-order chi connectivity index (χ0) is 24.9. The number of carbonyl (C=O) groups excluding carboxylic acids is 2. The molecule has 3 rings (SSSR count). The van der Waals surface area contributed by atoms with Gasteiger partial charge in [0.15, 0.2) is 0 Å². The van der Waals surface area contributed by atoms with Crippen LogP contribution in [0.5, 0.6) is 0 Å². The molecule has 1 unspecified atom stereocenters. The molecule has 1 fully saturated rings. The van der Waals surface area contributed by atoms with Gasteiger partial charge in [0.25, 0.3) is 0 Å². The first-order chi connectivity index (χ1) is 16.1. The number of urea groups is 1. The molecular weight excluding hydrogens is 447 g/mol. The molecule has 1 aromatic heterocycles. The number of anilines is 2. The van der Waals surface area contributed by atoms with Gasteiger partial charge in [0, 0.05) is 38.1 Å². The first-order valence-electron chi connectivity index (χ1n) is 11.3. The third-order valence-corrected chi connectivity index (χ3v) is 5.82. The summed E-state index contributed by atoms with van der Waals surface area (Å²) in [5, 5.41) is 5.49. The Labute approximate surface area is 197 Å². The lowest BCUT2D eigenvalue weighted by Gasteiger charge is -2.38. The summed E-state index contributed by atoms with van der Waals surface area (Å²) in [6.45, 7) is 6.60. The van der Waals surface area contributed by atoms with E-state index in [0.29, 0.717) is 5.69 Å². The molecule has 2 heterocycles. The Morgan fingerprint density at radius 1 is 1.06 bits per heavy atom. The number of carbonyl (C=O) groups is 2. The molecule has 34 heavy (non-hydrogen) atoms. The van der Waals surface area contributed by atoms with Crippen molar-refractivity contribution in [2.45, 2.75) is 39.4 Å². The number of piperazine rings is 1. The standard InChI is InChI=1S/C24H30F3N5O2/c1-4-17-7-9-18(10-8-17)29-23(34)30-20(16(2)3)22(33)32-14-12-31(13-15-32)21-19(24(25,26)27)6-5-11-28-21/h5-11,16,20H,4,12-15H2,1-3H3,(H2,29,30,34). The molecule has 2 aromatic rings. The van der Waals surface area contributed by atoms with Crippen LogP contribution >= 0.6 is 0 Å². The number of aryl methyl sites for hydroxylation is 1. The molecule has 0 saturated carbocycles. The SMILES string of the molecule is CCc1ccc(NC(=O)NC(C(=O)N2CCN(c3ncccc3C(F)(F)F)CC2)C(C)C)cc1. The Morgan fingerprint density at radius 3 is 2.26 bits per heavy atom. The van der Waals surface area contributed by atoms with Crippen LogP contribution in [0.15, 0.2) is 42.6 Å². The second-order valence-electron chi connectivity index (χ2n) is 8.56. The van der Waals surface area contributed by atoms with E-state index in [0.717, 1.165) is 18.1 Å². The van der Waals surface area contributed by atoms with Crippen LogP contribution in [0.4, 0.5) is 29.5 Å². The summed E-state index contributed by atoms with van der Waals surface area (Å²) in [6.07, 6.45) is -2.29. The van der Waals surface area contributed by atoms with Gasteiger partial charge in [-0.1, -0.05) is 32.9 Å². The van der Waals surface area contributed by atoms with Gasteiger partial charge in [-0.3, -0.25) is 4.79 Å². The highest BCUT2D eigenvalue weighted by Crippen LogP contribution is 2.35. The van der Waals surface area contributed by atoms with Crippen molar-refractivity contribution in [1.82, 2.24) is 15.2 Å². The minimum absolute atomic E-state index is 0.130. The smallest absolute Gasteiger partial charge is 0.353 e. The average molecular weight is 478 g/mol. The number of halogens is 3. The van der Waals surface area contributed by atoms with Crippen LogP contribution in [-0.4, -0.2) is 54.0 Å². The molecule has 3 amide bonds. The number of nitrogens with zero attached hydrogens (tertiary/aromatic N) is 3. The lowest BCUT2D eigenvalue weighted by atomic mass is 10.0. The van der Waals surface area contributed by atoms with Gasteiger partial charge in [-0.15, -0.1) is 0 Å². The predicted molar refractivity (Wildman–Crippen MR) is 125 cm³/mol. The van der Waals surface area contributed by atoms with E-state index in [2.05, 4.69) is 15.6 Å². The topological polar surface area (TPSA) is 77.6 Å². The van der Waals surface area contributed by atoms with Crippen molar-refractivity contribution in [2.24, 2.45) is 5.92 Å². The van der Waals surface area contributed by atoms with Crippen molar-refractivity contribution in [2.75, 3.05) is 36.4 Å². The Morgan fingerprint density at radius 2 is 1.71 bits per heavy atom. The van der Waals surface area contributed by atoms with Crippen molar-refractivity contribution < 1.29 is 22.8 Å². The normalized spacial score (nSPS) is 15.3. The fraction of sp³-hybridized carbons (Fsp3) is 0.458. The van der Waals surface area contributed by atoms with E-state index >= 15 is 0 Å². The Balaban J connectivity index is 1.61. The quantitative estimate of drug-likeness (QED) is 0.655. The van der Waals surface area contributed by atoms with Crippen molar-refractivity contribution in [3.05, 3.63) is 53.7 Å². The summed E-state index contributed by atoms with van der Waals surface area (Å²) >= 11 is 0. The second-order valence-corrected chi connectivity index (χ2v) is 8.56. The minimum Gasteiger partial charge on any atom is -0.353 e. The molecule has 0 radical (unpaired) electrons. The van der Waals surface area contributed by atoms with E-state index in [9.17, 15) is 22.8 Å². The third kappa shape index (κ3) is 6.18. The van der Waals surface area contributed by atoms with E-state index in [-0.39, 0.29) is 43.8 Å². The average Bonchev–Trinajstić information content (AvgIpc) is 2.82. The highest BCUT2D eigenvalue weighted by atomic mass is 19.4. The Kier molecular flexibility index (Phi) is 8.01. The van der Waals surface area contributed by atoms with E-state index in [1.165, 1.54) is 17.2 Å². The van der Waals surface area contributed by atoms with Gasteiger partial charge in [0.1, 0.15) is 11.9 Å². The molecule has 1 atom stereocenters. The van der Waals surface area contributed by atoms with Crippen LogP contribution in [0.3, 0.4) is 0 Å². The highest BCUT2D eigenvalue weighted by Gasteiger charge is 2.37. The van der Waals surface area contributed by atoms with Gasteiger partial charge in [-0.05, 0) is 42.2 Å². The van der Waals surface area contributed by atoms with Gasteiger partial charge in [-0.25, -0.2) is 9.78 Å². The molecule has 1 saturated heterocycles. The maximum Gasteiger partial charge on any atom is 0.419 e. The number of pyridine rings is 1. The number of alkyl halides is 3. The van der Waals surface area contributed by atoms with Crippen LogP contribution in [0.1, 0.15) is 31.9 Å². The van der Waals surface area contributed by atoms with E-state index in [1.54, 1.807) is 17.0 Å². The third-order valence-electron chi connectivity index (χ3n) is 5.82.